The standard InChI is InChI=1S/C26H33FN6O2/c1-4-31-7-9-32(10-8-31)16-19-5-6-24(28-15-19)30-26-29-22(17-35-26)20-13-21(27)25-23(14-20)33(18(2)3)11-12-34-25/h5-6,13-15,17-18H,4,7-12,16H2,1-3H3,(H,28,29,30). The lowest BCUT2D eigenvalue weighted by Gasteiger charge is -2.34. The molecule has 0 bridgehead atoms. The predicted molar refractivity (Wildman–Crippen MR) is 135 cm³/mol. The first-order valence-electron chi connectivity index (χ1n) is 12.4. The molecule has 2 aliphatic rings. The Balaban J connectivity index is 1.25. The van der Waals surface area contributed by atoms with Crippen molar-refractivity contribution >= 4 is 17.5 Å². The number of fused-ring (bicyclic) bond motifs is 1. The topological polar surface area (TPSA) is 69.9 Å². The molecule has 186 valence electrons. The SMILES string of the molecule is CCN1CCN(Cc2ccc(Nc3nc(-c4cc(F)c5c(c4)N(C(C)C)CCO5)co3)nc2)CC1. The zero-order valence-corrected chi connectivity index (χ0v) is 20.6. The summed E-state index contributed by atoms with van der Waals surface area (Å²) in [4.78, 5) is 16.1. The first-order chi connectivity index (χ1) is 17.0. The minimum absolute atomic E-state index is 0.233. The second-order valence-corrected chi connectivity index (χ2v) is 9.37. The number of rotatable bonds is 7. The maximum atomic E-state index is 14.8. The third-order valence-corrected chi connectivity index (χ3v) is 6.71. The fraction of sp³-hybridized carbons (Fsp3) is 0.462. The maximum absolute atomic E-state index is 14.8. The van der Waals surface area contributed by atoms with Crippen LogP contribution in [0.1, 0.15) is 26.3 Å². The van der Waals surface area contributed by atoms with Gasteiger partial charge in [0, 0.05) is 50.5 Å². The van der Waals surface area contributed by atoms with Crippen molar-refractivity contribution in [2.75, 3.05) is 56.1 Å². The van der Waals surface area contributed by atoms with Gasteiger partial charge in [-0.25, -0.2) is 9.37 Å². The summed E-state index contributed by atoms with van der Waals surface area (Å²) in [5, 5.41) is 3.10. The van der Waals surface area contributed by atoms with E-state index in [1.54, 1.807) is 0 Å². The van der Waals surface area contributed by atoms with Crippen molar-refractivity contribution in [2.24, 2.45) is 0 Å². The van der Waals surface area contributed by atoms with Crippen LogP contribution in [0.25, 0.3) is 11.3 Å². The average Bonchev–Trinajstić information content (AvgIpc) is 3.34. The Morgan fingerprint density at radius 3 is 2.60 bits per heavy atom. The van der Waals surface area contributed by atoms with Gasteiger partial charge in [0.05, 0.1) is 12.2 Å². The minimum atomic E-state index is -0.395. The van der Waals surface area contributed by atoms with Crippen molar-refractivity contribution in [1.82, 2.24) is 19.8 Å². The Kier molecular flexibility index (Phi) is 6.88. The van der Waals surface area contributed by atoms with E-state index in [0.29, 0.717) is 35.4 Å². The molecular formula is C26H33FN6O2. The second kappa shape index (κ2) is 10.2. The Hall–Kier alpha value is -3.17. The van der Waals surface area contributed by atoms with Gasteiger partial charge in [-0.3, -0.25) is 10.2 Å². The first-order valence-corrected chi connectivity index (χ1v) is 12.4. The number of pyridine rings is 1. The summed E-state index contributed by atoms with van der Waals surface area (Å²) < 4.78 is 26.0. The number of likely N-dealkylation sites (N-methyl/N-ethyl adjacent to an activating group) is 1. The third kappa shape index (κ3) is 5.26. The average molecular weight is 481 g/mol. The van der Waals surface area contributed by atoms with Crippen molar-refractivity contribution in [2.45, 2.75) is 33.4 Å². The van der Waals surface area contributed by atoms with E-state index >= 15 is 0 Å². The quantitative estimate of drug-likeness (QED) is 0.535. The molecule has 0 radical (unpaired) electrons. The van der Waals surface area contributed by atoms with Crippen LogP contribution in [0.4, 0.5) is 21.9 Å². The molecule has 0 aliphatic carbocycles. The highest BCUT2D eigenvalue weighted by atomic mass is 19.1. The molecule has 0 amide bonds. The third-order valence-electron chi connectivity index (χ3n) is 6.71. The second-order valence-electron chi connectivity index (χ2n) is 9.37. The lowest BCUT2D eigenvalue weighted by Crippen LogP contribution is -2.45. The van der Waals surface area contributed by atoms with Gasteiger partial charge in [-0.05, 0) is 44.2 Å². The van der Waals surface area contributed by atoms with Crippen molar-refractivity contribution in [3.8, 4) is 17.0 Å². The zero-order chi connectivity index (χ0) is 24.4. The fourth-order valence-electron chi connectivity index (χ4n) is 4.67. The number of halogens is 1. The van der Waals surface area contributed by atoms with Gasteiger partial charge in [0.1, 0.15) is 24.4 Å². The number of piperazine rings is 1. The molecule has 3 aromatic rings. The molecule has 0 spiro atoms. The molecule has 1 saturated heterocycles. The van der Waals surface area contributed by atoms with E-state index in [-0.39, 0.29) is 6.04 Å². The van der Waals surface area contributed by atoms with Crippen LogP contribution in [0.15, 0.2) is 41.1 Å². The summed E-state index contributed by atoms with van der Waals surface area (Å²) in [7, 11) is 0. The van der Waals surface area contributed by atoms with E-state index in [4.69, 9.17) is 9.15 Å². The Labute approximate surface area is 205 Å². The molecule has 0 saturated carbocycles. The molecule has 8 nitrogen and oxygen atoms in total. The van der Waals surface area contributed by atoms with Crippen LogP contribution in [-0.4, -0.2) is 71.7 Å². The molecule has 1 aromatic carbocycles. The number of nitrogens with zero attached hydrogens (tertiary/aromatic N) is 5. The van der Waals surface area contributed by atoms with Crippen LogP contribution >= 0.6 is 0 Å². The highest BCUT2D eigenvalue weighted by Crippen LogP contribution is 2.39. The molecule has 1 fully saturated rings. The maximum Gasteiger partial charge on any atom is 0.300 e. The summed E-state index contributed by atoms with van der Waals surface area (Å²) in [5.41, 5.74) is 3.11. The smallest absolute Gasteiger partial charge is 0.300 e. The van der Waals surface area contributed by atoms with Gasteiger partial charge in [0.25, 0.3) is 0 Å². The summed E-state index contributed by atoms with van der Waals surface area (Å²) in [6.45, 7) is 14.0. The molecular weight excluding hydrogens is 447 g/mol. The van der Waals surface area contributed by atoms with E-state index in [0.717, 1.165) is 51.5 Å². The van der Waals surface area contributed by atoms with Gasteiger partial charge in [0.15, 0.2) is 11.6 Å². The van der Waals surface area contributed by atoms with Crippen LogP contribution in [0.5, 0.6) is 5.75 Å². The highest BCUT2D eigenvalue weighted by molar-refractivity contribution is 5.72. The number of aromatic nitrogens is 2. The van der Waals surface area contributed by atoms with Crippen LogP contribution < -0.4 is 15.0 Å². The number of hydrogen-bond donors (Lipinski definition) is 1. The number of nitrogens with one attached hydrogen (secondary N) is 1. The van der Waals surface area contributed by atoms with Gasteiger partial charge >= 0.3 is 6.01 Å². The van der Waals surface area contributed by atoms with Gasteiger partial charge in [-0.1, -0.05) is 13.0 Å². The molecule has 4 heterocycles. The molecule has 2 aliphatic heterocycles. The summed E-state index contributed by atoms with van der Waals surface area (Å²) in [5.74, 6) is 0.551. The number of benzene rings is 1. The van der Waals surface area contributed by atoms with E-state index in [9.17, 15) is 4.39 Å². The number of anilines is 3. The number of hydrogen-bond acceptors (Lipinski definition) is 8. The number of oxazole rings is 1. The molecule has 0 unspecified atom stereocenters. The largest absolute Gasteiger partial charge is 0.486 e. The summed E-state index contributed by atoms with van der Waals surface area (Å²) in [6.07, 6.45) is 3.41. The van der Waals surface area contributed by atoms with Crippen molar-refractivity contribution < 1.29 is 13.5 Å². The molecule has 9 heteroatoms. The molecule has 1 N–H and O–H groups in total. The normalized spacial score (nSPS) is 16.9. The predicted octanol–water partition coefficient (Wildman–Crippen LogP) is 4.36. The van der Waals surface area contributed by atoms with E-state index in [1.165, 1.54) is 17.9 Å². The van der Waals surface area contributed by atoms with E-state index in [1.807, 2.05) is 18.3 Å². The summed E-state index contributed by atoms with van der Waals surface area (Å²) >= 11 is 0. The Bertz CT molecular complexity index is 1140. The zero-order valence-electron chi connectivity index (χ0n) is 20.6. The van der Waals surface area contributed by atoms with Gasteiger partial charge in [-0.15, -0.1) is 0 Å². The Morgan fingerprint density at radius 1 is 1.09 bits per heavy atom. The van der Waals surface area contributed by atoms with Crippen LogP contribution in [0, 0.1) is 5.82 Å². The van der Waals surface area contributed by atoms with Crippen LogP contribution in [0.3, 0.4) is 0 Å². The molecule has 35 heavy (non-hydrogen) atoms. The summed E-state index contributed by atoms with van der Waals surface area (Å²) in [6, 6.07) is 7.90. The molecule has 2 aromatic heterocycles. The monoisotopic (exact) mass is 480 g/mol. The van der Waals surface area contributed by atoms with Crippen molar-refractivity contribution in [1.29, 1.82) is 0 Å². The minimum Gasteiger partial charge on any atom is -0.486 e. The Morgan fingerprint density at radius 2 is 1.89 bits per heavy atom. The van der Waals surface area contributed by atoms with Gasteiger partial charge < -0.3 is 19.0 Å². The van der Waals surface area contributed by atoms with E-state index < -0.39 is 5.82 Å². The van der Waals surface area contributed by atoms with Gasteiger partial charge in [0.2, 0.25) is 0 Å². The van der Waals surface area contributed by atoms with Crippen molar-refractivity contribution in [3.63, 3.8) is 0 Å². The fourth-order valence-corrected chi connectivity index (χ4v) is 4.67. The number of ether oxygens (including phenoxy) is 1. The first kappa shape index (κ1) is 23.6. The van der Waals surface area contributed by atoms with Crippen LogP contribution in [-0.2, 0) is 6.54 Å². The highest BCUT2D eigenvalue weighted by Gasteiger charge is 2.25. The molecule has 5 rings (SSSR count). The van der Waals surface area contributed by atoms with Gasteiger partial charge in [-0.2, -0.15) is 4.98 Å². The van der Waals surface area contributed by atoms with Crippen molar-refractivity contribution in [3.05, 3.63) is 48.1 Å². The lowest BCUT2D eigenvalue weighted by molar-refractivity contribution is 0.132. The van der Waals surface area contributed by atoms with Crippen LogP contribution in [0.2, 0.25) is 0 Å². The lowest BCUT2D eigenvalue weighted by atomic mass is 10.1. The van der Waals surface area contributed by atoms with E-state index in [2.05, 4.69) is 56.8 Å². The molecule has 0 atom stereocenters.